The minimum atomic E-state index is -0.0513. The second-order valence-electron chi connectivity index (χ2n) is 4.18. The van der Waals surface area contributed by atoms with Gasteiger partial charge in [0.2, 0.25) is 5.91 Å². The molecule has 0 bridgehead atoms. The summed E-state index contributed by atoms with van der Waals surface area (Å²) in [7, 11) is 1.00. The lowest BCUT2D eigenvalue weighted by molar-refractivity contribution is -0.122. The Morgan fingerprint density at radius 1 is 1.24 bits per heavy atom. The molecule has 0 saturated carbocycles. The van der Waals surface area contributed by atoms with Gasteiger partial charge in [-0.05, 0) is 25.5 Å². The van der Waals surface area contributed by atoms with Crippen molar-refractivity contribution in [2.24, 2.45) is 0 Å². The predicted molar refractivity (Wildman–Crippen MR) is 108 cm³/mol. The first-order chi connectivity index (χ1) is 12.2. The van der Waals surface area contributed by atoms with E-state index in [-0.39, 0.29) is 5.91 Å². The summed E-state index contributed by atoms with van der Waals surface area (Å²) in [6, 6.07) is 8.31. The van der Waals surface area contributed by atoms with Crippen molar-refractivity contribution in [2.75, 3.05) is 13.7 Å². The Balaban J connectivity index is -0.000000300. The second-order valence-corrected chi connectivity index (χ2v) is 4.18. The van der Waals surface area contributed by atoms with E-state index in [4.69, 9.17) is 5.11 Å². The van der Waals surface area contributed by atoms with Gasteiger partial charge in [0, 0.05) is 43.6 Å². The molecule has 1 aromatic heterocycles. The molecule has 0 radical (unpaired) electrons. The molecule has 1 heterocycles. The fourth-order valence-corrected chi connectivity index (χ4v) is 1.69. The van der Waals surface area contributed by atoms with Crippen LogP contribution in [0.5, 0.6) is 0 Å². The van der Waals surface area contributed by atoms with Crippen LogP contribution in [0.4, 0.5) is 0 Å². The lowest BCUT2D eigenvalue weighted by Gasteiger charge is -1.96. The standard InChI is InChI=1S/C9H9N.C6H11NO2.C2H6.C2H4.CH4O/c1-7-6-10-9-5-3-2-4-8(7)9;1-2-7-6(9)4-3-5-8;3*1-2/h2-6,10H,1H3;5H,2-4H2,1H3,(H,7,9);1-2H3;1-2H2;2H,1H3. The highest BCUT2D eigenvalue weighted by Gasteiger charge is 1.95. The summed E-state index contributed by atoms with van der Waals surface area (Å²) in [6.45, 7) is 14.6. The van der Waals surface area contributed by atoms with Gasteiger partial charge in [-0.1, -0.05) is 32.0 Å². The summed E-state index contributed by atoms with van der Waals surface area (Å²) in [6.07, 6.45) is 3.42. The molecule has 142 valence electrons. The van der Waals surface area contributed by atoms with E-state index >= 15 is 0 Å². The number of aryl methyl sites for hydroxylation is 1. The zero-order chi connectivity index (χ0) is 20.1. The highest BCUT2D eigenvalue weighted by Crippen LogP contribution is 2.15. The van der Waals surface area contributed by atoms with Crippen molar-refractivity contribution < 1.29 is 14.7 Å². The van der Waals surface area contributed by atoms with E-state index < -0.39 is 0 Å². The Labute approximate surface area is 152 Å². The number of nitrogens with one attached hydrogen (secondary N) is 2. The van der Waals surface area contributed by atoms with Crippen LogP contribution in [0.1, 0.15) is 39.2 Å². The smallest absolute Gasteiger partial charge is 0.220 e. The molecule has 0 atom stereocenters. The van der Waals surface area contributed by atoms with Crippen LogP contribution >= 0.6 is 0 Å². The van der Waals surface area contributed by atoms with Gasteiger partial charge in [-0.2, -0.15) is 0 Å². The number of benzene rings is 1. The monoisotopic (exact) mass is 350 g/mol. The third kappa shape index (κ3) is 13.7. The molecule has 0 aliphatic rings. The number of aliphatic hydroxyl groups excluding tert-OH is 1. The Hall–Kier alpha value is -2.40. The lowest BCUT2D eigenvalue weighted by atomic mass is 10.2. The average Bonchev–Trinajstić information content (AvgIpc) is 3.07. The number of aromatic amines is 1. The third-order valence-corrected chi connectivity index (χ3v) is 2.66. The number of hydrogen-bond donors (Lipinski definition) is 3. The molecule has 5 heteroatoms. The summed E-state index contributed by atoms with van der Waals surface area (Å²) in [5.74, 6) is -0.0513. The molecule has 0 aliphatic carbocycles. The molecular weight excluding hydrogens is 316 g/mol. The minimum absolute atomic E-state index is 0.0513. The number of H-pyrrole nitrogens is 1. The molecule has 2 aromatic rings. The van der Waals surface area contributed by atoms with Crippen LogP contribution in [0.15, 0.2) is 43.6 Å². The molecule has 1 amide bonds. The van der Waals surface area contributed by atoms with Gasteiger partial charge in [0.15, 0.2) is 0 Å². The number of carbonyl (C=O) groups excluding carboxylic acids is 2. The quantitative estimate of drug-likeness (QED) is 0.575. The Morgan fingerprint density at radius 3 is 2.28 bits per heavy atom. The maximum absolute atomic E-state index is 10.5. The fraction of sp³-hybridized carbons (Fsp3) is 0.400. The van der Waals surface area contributed by atoms with E-state index in [2.05, 4.69) is 48.6 Å². The number of amides is 1. The normalized spacial score (nSPS) is 7.92. The molecule has 5 nitrogen and oxygen atoms in total. The molecule has 1 aromatic carbocycles. The molecule has 0 aliphatic heterocycles. The van der Waals surface area contributed by atoms with Crippen molar-refractivity contribution in [3.8, 4) is 0 Å². The van der Waals surface area contributed by atoms with E-state index in [0.29, 0.717) is 19.4 Å². The number of fused-ring (bicyclic) bond motifs is 1. The van der Waals surface area contributed by atoms with Crippen LogP contribution in [0.2, 0.25) is 0 Å². The third-order valence-electron chi connectivity index (χ3n) is 2.66. The van der Waals surface area contributed by atoms with Gasteiger partial charge in [-0.3, -0.25) is 4.79 Å². The molecule has 0 saturated heterocycles. The number of aldehydes is 1. The van der Waals surface area contributed by atoms with Crippen LogP contribution < -0.4 is 5.32 Å². The number of carbonyl (C=O) groups is 2. The Morgan fingerprint density at radius 2 is 1.80 bits per heavy atom. The van der Waals surface area contributed by atoms with Crippen molar-refractivity contribution in [2.45, 2.75) is 40.5 Å². The van der Waals surface area contributed by atoms with Crippen LogP contribution in [0.25, 0.3) is 10.9 Å². The van der Waals surface area contributed by atoms with Gasteiger partial charge in [0.05, 0.1) is 0 Å². The van der Waals surface area contributed by atoms with Crippen molar-refractivity contribution >= 4 is 23.1 Å². The number of aliphatic hydroxyl groups is 1. The van der Waals surface area contributed by atoms with Gasteiger partial charge >= 0.3 is 0 Å². The number of hydrogen-bond acceptors (Lipinski definition) is 3. The highest BCUT2D eigenvalue weighted by molar-refractivity contribution is 5.82. The van der Waals surface area contributed by atoms with E-state index in [0.717, 1.165) is 13.4 Å². The van der Waals surface area contributed by atoms with Gasteiger partial charge in [0.25, 0.3) is 0 Å². The largest absolute Gasteiger partial charge is 0.400 e. The summed E-state index contributed by atoms with van der Waals surface area (Å²) in [5.41, 5.74) is 2.54. The SMILES string of the molecule is C=C.CC.CCNC(=O)CCC=O.CO.Cc1c[nH]c2ccccc12. The first-order valence-electron chi connectivity index (χ1n) is 8.36. The van der Waals surface area contributed by atoms with Crippen LogP contribution in [-0.4, -0.2) is 35.9 Å². The highest BCUT2D eigenvalue weighted by atomic mass is 16.2. The Kier molecular flexibility index (Phi) is 23.7. The summed E-state index contributed by atoms with van der Waals surface area (Å²) < 4.78 is 0. The zero-order valence-corrected chi connectivity index (χ0v) is 16.3. The molecule has 3 N–H and O–H groups in total. The van der Waals surface area contributed by atoms with E-state index in [1.165, 1.54) is 16.5 Å². The number of aromatic nitrogens is 1. The molecular formula is C20H34N2O3. The number of rotatable bonds is 4. The second kappa shape index (κ2) is 21.6. The van der Waals surface area contributed by atoms with E-state index in [9.17, 15) is 9.59 Å². The predicted octanol–water partition coefficient (Wildman–Crippen LogP) is 4.01. The topological polar surface area (TPSA) is 82.2 Å². The lowest BCUT2D eigenvalue weighted by Crippen LogP contribution is -2.22. The summed E-state index contributed by atoms with van der Waals surface area (Å²) in [5, 5.41) is 10.9. The average molecular weight is 351 g/mol. The first-order valence-corrected chi connectivity index (χ1v) is 8.36. The molecule has 2 rings (SSSR count). The van der Waals surface area contributed by atoms with Crippen molar-refractivity contribution in [1.82, 2.24) is 10.3 Å². The van der Waals surface area contributed by atoms with Crippen LogP contribution in [-0.2, 0) is 9.59 Å². The molecule has 0 unspecified atom stereocenters. The zero-order valence-electron chi connectivity index (χ0n) is 16.3. The van der Waals surface area contributed by atoms with Gasteiger partial charge < -0.3 is 20.2 Å². The first kappa shape index (κ1) is 27.4. The van der Waals surface area contributed by atoms with E-state index in [1.807, 2.05) is 33.0 Å². The van der Waals surface area contributed by atoms with Gasteiger partial charge in [-0.15, -0.1) is 13.2 Å². The fourth-order valence-electron chi connectivity index (χ4n) is 1.69. The summed E-state index contributed by atoms with van der Waals surface area (Å²) in [4.78, 5) is 23.5. The molecule has 0 fully saturated rings. The number of para-hydroxylation sites is 1. The van der Waals surface area contributed by atoms with Crippen LogP contribution in [0.3, 0.4) is 0 Å². The maximum atomic E-state index is 10.5. The summed E-state index contributed by atoms with van der Waals surface area (Å²) >= 11 is 0. The molecule has 0 spiro atoms. The van der Waals surface area contributed by atoms with Crippen molar-refractivity contribution in [1.29, 1.82) is 0 Å². The van der Waals surface area contributed by atoms with Crippen molar-refractivity contribution in [3.63, 3.8) is 0 Å². The maximum Gasteiger partial charge on any atom is 0.220 e. The van der Waals surface area contributed by atoms with Crippen LogP contribution in [0, 0.1) is 6.92 Å². The minimum Gasteiger partial charge on any atom is -0.400 e. The van der Waals surface area contributed by atoms with Gasteiger partial charge in [0.1, 0.15) is 6.29 Å². The Bertz CT molecular complexity index is 551. The molecule has 25 heavy (non-hydrogen) atoms. The van der Waals surface area contributed by atoms with Crippen molar-refractivity contribution in [3.05, 3.63) is 49.2 Å². The van der Waals surface area contributed by atoms with Gasteiger partial charge in [-0.25, -0.2) is 0 Å². The van der Waals surface area contributed by atoms with E-state index in [1.54, 1.807) is 0 Å².